The number of ether oxygens (including phenoxy) is 1. The molecule has 0 fully saturated rings. The van der Waals surface area contributed by atoms with E-state index in [0.717, 1.165) is 5.56 Å². The van der Waals surface area contributed by atoms with Gasteiger partial charge in [0.15, 0.2) is 0 Å². The molecule has 7 nitrogen and oxygen atoms in total. The Labute approximate surface area is 117 Å². The molecule has 1 aromatic rings. The first-order valence-corrected chi connectivity index (χ1v) is 6.25. The maximum Gasteiger partial charge on any atom is 0.242 e. The Kier molecular flexibility index (Phi) is 5.83. The van der Waals surface area contributed by atoms with Crippen LogP contribution in [0.4, 0.5) is 0 Å². The van der Waals surface area contributed by atoms with Gasteiger partial charge in [0.2, 0.25) is 5.91 Å². The van der Waals surface area contributed by atoms with E-state index in [1.165, 1.54) is 0 Å². The molecule has 0 heterocycles. The average molecular weight is 277 g/mol. The van der Waals surface area contributed by atoms with Crippen molar-refractivity contribution in [1.82, 2.24) is 5.32 Å². The van der Waals surface area contributed by atoms with Crippen LogP contribution in [-0.2, 0) is 10.3 Å². The van der Waals surface area contributed by atoms with Crippen molar-refractivity contribution in [3.8, 4) is 5.75 Å². The minimum absolute atomic E-state index is 0.376. The Bertz CT molecular complexity index is 496. The number of nitrogens with one attached hydrogen (secondary N) is 1. The van der Waals surface area contributed by atoms with E-state index in [9.17, 15) is 4.79 Å². The van der Waals surface area contributed by atoms with Crippen LogP contribution in [-0.4, -0.2) is 26.1 Å². The van der Waals surface area contributed by atoms with Gasteiger partial charge >= 0.3 is 0 Å². The van der Waals surface area contributed by atoms with Gasteiger partial charge in [0.25, 0.3) is 0 Å². The zero-order valence-electron chi connectivity index (χ0n) is 11.7. The minimum atomic E-state index is -0.970. The molecule has 1 aromatic carbocycles. The smallest absolute Gasteiger partial charge is 0.242 e. The lowest BCUT2D eigenvalue weighted by atomic mass is 9.91. The summed E-state index contributed by atoms with van der Waals surface area (Å²) in [6, 6.07) is 7.14. The standard InChI is InChI=1S/C13H19N5O2/c1-13(12(14)19,16-8-3-9-17-18-15)10-4-6-11(20-2)7-5-10/h4-7,16H,3,8-9H2,1-2H3,(H2,14,19). The highest BCUT2D eigenvalue weighted by Crippen LogP contribution is 2.23. The normalized spacial score (nSPS) is 13.1. The van der Waals surface area contributed by atoms with Crippen molar-refractivity contribution in [2.45, 2.75) is 18.9 Å². The van der Waals surface area contributed by atoms with Gasteiger partial charge in [0.05, 0.1) is 7.11 Å². The van der Waals surface area contributed by atoms with Crippen LogP contribution in [0.3, 0.4) is 0 Å². The number of amides is 1. The number of methoxy groups -OCH3 is 1. The Morgan fingerprint density at radius 1 is 1.50 bits per heavy atom. The molecule has 0 aliphatic carbocycles. The van der Waals surface area contributed by atoms with Crippen molar-refractivity contribution >= 4 is 5.91 Å². The molecule has 1 rings (SSSR count). The van der Waals surface area contributed by atoms with E-state index >= 15 is 0 Å². The second kappa shape index (κ2) is 7.37. The molecule has 0 spiro atoms. The molecule has 1 unspecified atom stereocenters. The SMILES string of the molecule is COc1ccc(C(C)(NCCCN=[N+]=[N-])C(N)=O)cc1. The highest BCUT2D eigenvalue weighted by atomic mass is 16.5. The molecule has 108 valence electrons. The average Bonchev–Trinajstić information content (AvgIpc) is 2.46. The third kappa shape index (κ3) is 3.88. The molecule has 3 N–H and O–H groups in total. The Morgan fingerprint density at radius 2 is 2.15 bits per heavy atom. The molecule has 1 amide bonds. The predicted molar refractivity (Wildman–Crippen MR) is 76.2 cm³/mol. The fourth-order valence-electron chi connectivity index (χ4n) is 1.79. The monoisotopic (exact) mass is 277 g/mol. The summed E-state index contributed by atoms with van der Waals surface area (Å²) in [5, 5.41) is 6.55. The van der Waals surface area contributed by atoms with E-state index < -0.39 is 11.4 Å². The molecule has 0 aliphatic heterocycles. The van der Waals surface area contributed by atoms with Gasteiger partial charge in [-0.3, -0.25) is 10.1 Å². The van der Waals surface area contributed by atoms with E-state index in [4.69, 9.17) is 16.0 Å². The Morgan fingerprint density at radius 3 is 2.65 bits per heavy atom. The number of carbonyl (C=O) groups excluding carboxylic acids is 1. The zero-order valence-corrected chi connectivity index (χ0v) is 11.7. The summed E-state index contributed by atoms with van der Waals surface area (Å²) in [5.74, 6) is 0.246. The lowest BCUT2D eigenvalue weighted by Crippen LogP contribution is -2.50. The molecule has 0 bridgehead atoms. The number of primary amides is 1. The molecule has 7 heteroatoms. The molecule has 0 saturated carbocycles. The summed E-state index contributed by atoms with van der Waals surface area (Å²) >= 11 is 0. The van der Waals surface area contributed by atoms with E-state index in [1.807, 2.05) is 0 Å². The van der Waals surface area contributed by atoms with Gasteiger partial charge in [0, 0.05) is 11.5 Å². The Balaban J connectivity index is 2.79. The summed E-state index contributed by atoms with van der Waals surface area (Å²) in [6.45, 7) is 2.62. The number of hydrogen-bond donors (Lipinski definition) is 2. The van der Waals surface area contributed by atoms with Crippen molar-refractivity contribution < 1.29 is 9.53 Å². The Hall–Kier alpha value is -2.24. The van der Waals surface area contributed by atoms with Crippen LogP contribution in [0.2, 0.25) is 0 Å². The van der Waals surface area contributed by atoms with Gasteiger partial charge < -0.3 is 10.5 Å². The summed E-state index contributed by atoms with van der Waals surface area (Å²) in [6.07, 6.45) is 0.628. The number of rotatable bonds is 8. The highest BCUT2D eigenvalue weighted by Gasteiger charge is 2.32. The van der Waals surface area contributed by atoms with Crippen LogP contribution in [0.25, 0.3) is 10.4 Å². The van der Waals surface area contributed by atoms with Crippen molar-refractivity contribution in [2.24, 2.45) is 10.8 Å². The van der Waals surface area contributed by atoms with Gasteiger partial charge in [-0.25, -0.2) is 0 Å². The summed E-state index contributed by atoms with van der Waals surface area (Å²) in [5.41, 5.74) is 13.5. The molecule has 0 radical (unpaired) electrons. The van der Waals surface area contributed by atoms with Crippen LogP contribution in [0, 0.1) is 0 Å². The van der Waals surface area contributed by atoms with Gasteiger partial charge in [0.1, 0.15) is 11.3 Å². The second-order valence-electron chi connectivity index (χ2n) is 4.45. The number of nitrogens with zero attached hydrogens (tertiary/aromatic N) is 3. The molecule has 0 saturated heterocycles. The summed E-state index contributed by atoms with van der Waals surface area (Å²) in [4.78, 5) is 14.4. The summed E-state index contributed by atoms with van der Waals surface area (Å²) < 4.78 is 5.08. The molecule has 0 aliphatic rings. The topological polar surface area (TPSA) is 113 Å². The number of hydrogen-bond acceptors (Lipinski definition) is 4. The van der Waals surface area contributed by atoms with Gasteiger partial charge in [-0.15, -0.1) is 0 Å². The van der Waals surface area contributed by atoms with Crippen LogP contribution < -0.4 is 15.8 Å². The van der Waals surface area contributed by atoms with E-state index in [0.29, 0.717) is 25.3 Å². The molecule has 0 aromatic heterocycles. The summed E-state index contributed by atoms with van der Waals surface area (Å²) in [7, 11) is 1.58. The molecular formula is C13H19N5O2. The van der Waals surface area contributed by atoms with Crippen LogP contribution >= 0.6 is 0 Å². The van der Waals surface area contributed by atoms with Crippen molar-refractivity contribution in [3.63, 3.8) is 0 Å². The number of nitrogens with two attached hydrogens (primary N) is 1. The number of carbonyl (C=O) groups is 1. The number of azide groups is 1. The van der Waals surface area contributed by atoms with Crippen LogP contribution in [0.15, 0.2) is 29.4 Å². The first kappa shape index (κ1) is 15.8. The predicted octanol–water partition coefficient (Wildman–Crippen LogP) is 1.69. The maximum absolute atomic E-state index is 11.7. The first-order chi connectivity index (χ1) is 9.54. The van der Waals surface area contributed by atoms with Gasteiger partial charge in [-0.05, 0) is 43.1 Å². The lowest BCUT2D eigenvalue weighted by molar-refractivity contribution is -0.124. The van der Waals surface area contributed by atoms with E-state index in [1.54, 1.807) is 38.3 Å². The fourth-order valence-corrected chi connectivity index (χ4v) is 1.79. The van der Waals surface area contributed by atoms with E-state index in [-0.39, 0.29) is 0 Å². The fraction of sp³-hybridized carbons (Fsp3) is 0.462. The molecule has 20 heavy (non-hydrogen) atoms. The lowest BCUT2D eigenvalue weighted by Gasteiger charge is -2.28. The first-order valence-electron chi connectivity index (χ1n) is 6.25. The van der Waals surface area contributed by atoms with Crippen LogP contribution in [0.1, 0.15) is 18.9 Å². The van der Waals surface area contributed by atoms with Crippen molar-refractivity contribution in [3.05, 3.63) is 40.3 Å². The van der Waals surface area contributed by atoms with Crippen LogP contribution in [0.5, 0.6) is 5.75 Å². The van der Waals surface area contributed by atoms with Gasteiger partial charge in [-0.1, -0.05) is 17.2 Å². The maximum atomic E-state index is 11.7. The number of benzene rings is 1. The quantitative estimate of drug-likeness (QED) is 0.326. The van der Waals surface area contributed by atoms with E-state index in [2.05, 4.69) is 15.3 Å². The van der Waals surface area contributed by atoms with Crippen molar-refractivity contribution in [1.29, 1.82) is 0 Å². The van der Waals surface area contributed by atoms with Crippen molar-refractivity contribution in [2.75, 3.05) is 20.2 Å². The van der Waals surface area contributed by atoms with Gasteiger partial charge in [-0.2, -0.15) is 0 Å². The third-order valence-electron chi connectivity index (χ3n) is 3.14. The molecule has 1 atom stereocenters. The highest BCUT2D eigenvalue weighted by molar-refractivity contribution is 5.85. The minimum Gasteiger partial charge on any atom is -0.497 e. The largest absolute Gasteiger partial charge is 0.497 e. The third-order valence-corrected chi connectivity index (χ3v) is 3.14. The molecular weight excluding hydrogens is 258 g/mol. The zero-order chi connectivity index (χ0) is 15.0. The second-order valence-corrected chi connectivity index (χ2v) is 4.45.